The summed E-state index contributed by atoms with van der Waals surface area (Å²) in [4.78, 5) is 10.7. The van der Waals surface area contributed by atoms with Crippen LogP contribution < -0.4 is 10.6 Å². The Balaban J connectivity index is 0.00000361. The number of pyridine rings is 1. The molecule has 1 rings (SSSR count). The summed E-state index contributed by atoms with van der Waals surface area (Å²) in [5.41, 5.74) is 1.00. The van der Waals surface area contributed by atoms with Crippen molar-refractivity contribution >= 4 is 29.9 Å². The summed E-state index contributed by atoms with van der Waals surface area (Å²) in [6.07, 6.45) is 1.80. The summed E-state index contributed by atoms with van der Waals surface area (Å²) < 4.78 is 0. The molecular weight excluding hydrogens is 365 g/mol. The highest BCUT2D eigenvalue weighted by molar-refractivity contribution is 14.0. The van der Waals surface area contributed by atoms with Crippen LogP contribution in [0.3, 0.4) is 0 Å². The summed E-state index contributed by atoms with van der Waals surface area (Å²) in [5, 5.41) is 6.54. The van der Waals surface area contributed by atoms with Crippen LogP contribution in [0, 0.1) is 0 Å². The van der Waals surface area contributed by atoms with Crippen LogP contribution in [0.2, 0.25) is 0 Å². The Labute approximate surface area is 139 Å². The van der Waals surface area contributed by atoms with Gasteiger partial charge in [0, 0.05) is 32.4 Å². The second-order valence-electron chi connectivity index (χ2n) is 4.75. The zero-order chi connectivity index (χ0) is 14.1. The normalized spacial score (nSPS) is 11.4. The van der Waals surface area contributed by atoms with Crippen molar-refractivity contribution in [2.24, 2.45) is 4.99 Å². The molecular formula is C14H26IN5. The molecule has 1 aromatic heterocycles. The van der Waals surface area contributed by atoms with E-state index >= 15 is 0 Å². The van der Waals surface area contributed by atoms with Crippen LogP contribution >= 0.6 is 24.0 Å². The molecule has 0 fully saturated rings. The number of halogens is 1. The van der Waals surface area contributed by atoms with Gasteiger partial charge in [-0.15, -0.1) is 24.0 Å². The fraction of sp³-hybridized carbons (Fsp3) is 0.571. The summed E-state index contributed by atoms with van der Waals surface area (Å²) in [6.45, 7) is 6.92. The van der Waals surface area contributed by atoms with E-state index in [1.54, 1.807) is 13.2 Å². The van der Waals surface area contributed by atoms with Gasteiger partial charge in [0.2, 0.25) is 0 Å². The summed E-state index contributed by atoms with van der Waals surface area (Å²) in [5.74, 6) is 0.808. The van der Waals surface area contributed by atoms with E-state index < -0.39 is 0 Å². The van der Waals surface area contributed by atoms with Gasteiger partial charge in [-0.05, 0) is 33.0 Å². The zero-order valence-electron chi connectivity index (χ0n) is 12.8. The fourth-order valence-corrected chi connectivity index (χ4v) is 1.51. The molecule has 6 heteroatoms. The number of aromatic nitrogens is 1. The van der Waals surface area contributed by atoms with E-state index in [9.17, 15) is 0 Å². The molecule has 1 heterocycles. The van der Waals surface area contributed by atoms with Crippen LogP contribution in [0.5, 0.6) is 0 Å². The first-order chi connectivity index (χ1) is 9.13. The summed E-state index contributed by atoms with van der Waals surface area (Å²) >= 11 is 0. The van der Waals surface area contributed by atoms with Crippen molar-refractivity contribution in [3.05, 3.63) is 30.1 Å². The monoisotopic (exact) mass is 391 g/mol. The molecule has 0 bridgehead atoms. The first-order valence-electron chi connectivity index (χ1n) is 6.68. The third kappa shape index (κ3) is 7.64. The SMILES string of the molecule is CN=C(NCCN(C)C(C)C)NCc1ccccn1.I. The van der Waals surface area contributed by atoms with Gasteiger partial charge in [0.15, 0.2) is 5.96 Å². The zero-order valence-corrected chi connectivity index (χ0v) is 15.1. The van der Waals surface area contributed by atoms with Gasteiger partial charge in [0.05, 0.1) is 12.2 Å². The lowest BCUT2D eigenvalue weighted by Crippen LogP contribution is -2.41. The van der Waals surface area contributed by atoms with E-state index in [0.29, 0.717) is 12.6 Å². The highest BCUT2D eigenvalue weighted by Gasteiger charge is 2.03. The van der Waals surface area contributed by atoms with Crippen LogP contribution in [-0.2, 0) is 6.54 Å². The number of aliphatic imine (C=N–C) groups is 1. The Hall–Kier alpha value is -0.890. The van der Waals surface area contributed by atoms with Gasteiger partial charge in [0.1, 0.15) is 0 Å². The predicted molar refractivity (Wildman–Crippen MR) is 95.6 cm³/mol. The van der Waals surface area contributed by atoms with Crippen molar-refractivity contribution in [3.8, 4) is 0 Å². The van der Waals surface area contributed by atoms with E-state index in [2.05, 4.69) is 46.4 Å². The Kier molecular flexibility index (Phi) is 10.4. The molecule has 2 N–H and O–H groups in total. The molecule has 0 spiro atoms. The molecule has 114 valence electrons. The predicted octanol–water partition coefficient (Wildman–Crippen LogP) is 1.70. The minimum Gasteiger partial charge on any atom is -0.355 e. The molecule has 0 aliphatic heterocycles. The molecule has 20 heavy (non-hydrogen) atoms. The van der Waals surface area contributed by atoms with Crippen molar-refractivity contribution in [1.82, 2.24) is 20.5 Å². The van der Waals surface area contributed by atoms with Crippen LogP contribution in [0.25, 0.3) is 0 Å². The molecule has 0 unspecified atom stereocenters. The van der Waals surface area contributed by atoms with Crippen LogP contribution in [0.15, 0.2) is 29.4 Å². The van der Waals surface area contributed by atoms with Crippen LogP contribution in [-0.4, -0.2) is 49.1 Å². The standard InChI is InChI=1S/C14H25N5.HI/c1-12(2)19(4)10-9-17-14(15-3)18-11-13-7-5-6-8-16-13;/h5-8,12H,9-11H2,1-4H3,(H2,15,17,18);1H. The minimum atomic E-state index is 0. The van der Waals surface area contributed by atoms with E-state index in [4.69, 9.17) is 0 Å². The maximum absolute atomic E-state index is 4.26. The van der Waals surface area contributed by atoms with E-state index in [1.807, 2.05) is 18.2 Å². The van der Waals surface area contributed by atoms with Gasteiger partial charge < -0.3 is 15.5 Å². The number of nitrogens with one attached hydrogen (secondary N) is 2. The number of nitrogens with zero attached hydrogens (tertiary/aromatic N) is 3. The number of guanidine groups is 1. The molecule has 0 saturated carbocycles. The molecule has 0 aromatic carbocycles. The molecule has 5 nitrogen and oxygen atoms in total. The van der Waals surface area contributed by atoms with Gasteiger partial charge in [-0.25, -0.2) is 0 Å². The Bertz CT molecular complexity index is 380. The Morgan fingerprint density at radius 2 is 2.10 bits per heavy atom. The second kappa shape index (κ2) is 10.8. The van der Waals surface area contributed by atoms with Crippen molar-refractivity contribution < 1.29 is 0 Å². The topological polar surface area (TPSA) is 52.6 Å². The van der Waals surface area contributed by atoms with E-state index in [0.717, 1.165) is 24.7 Å². The van der Waals surface area contributed by atoms with Gasteiger partial charge >= 0.3 is 0 Å². The maximum Gasteiger partial charge on any atom is 0.191 e. The summed E-state index contributed by atoms with van der Waals surface area (Å²) in [6, 6.07) is 6.45. The highest BCUT2D eigenvalue weighted by Crippen LogP contribution is 1.92. The molecule has 1 aromatic rings. The van der Waals surface area contributed by atoms with Crippen molar-refractivity contribution in [1.29, 1.82) is 0 Å². The molecule has 0 aliphatic carbocycles. The van der Waals surface area contributed by atoms with Gasteiger partial charge in [-0.3, -0.25) is 9.98 Å². The average Bonchev–Trinajstić information content (AvgIpc) is 2.43. The number of hydrogen-bond donors (Lipinski definition) is 2. The molecule has 0 radical (unpaired) electrons. The van der Waals surface area contributed by atoms with Gasteiger partial charge in [0.25, 0.3) is 0 Å². The fourth-order valence-electron chi connectivity index (χ4n) is 1.51. The third-order valence-corrected chi connectivity index (χ3v) is 3.03. The Morgan fingerprint density at radius 1 is 1.35 bits per heavy atom. The number of hydrogen-bond acceptors (Lipinski definition) is 3. The Morgan fingerprint density at radius 3 is 2.65 bits per heavy atom. The molecule has 0 saturated heterocycles. The quantitative estimate of drug-likeness (QED) is 0.441. The van der Waals surface area contributed by atoms with E-state index in [-0.39, 0.29) is 24.0 Å². The molecule has 0 atom stereocenters. The molecule has 0 aliphatic rings. The van der Waals surface area contributed by atoms with Gasteiger partial charge in [-0.1, -0.05) is 6.07 Å². The van der Waals surface area contributed by atoms with Crippen LogP contribution in [0.4, 0.5) is 0 Å². The average molecular weight is 391 g/mol. The third-order valence-electron chi connectivity index (χ3n) is 3.03. The second-order valence-corrected chi connectivity index (χ2v) is 4.75. The first kappa shape index (κ1) is 19.1. The smallest absolute Gasteiger partial charge is 0.191 e. The maximum atomic E-state index is 4.26. The lowest BCUT2D eigenvalue weighted by atomic mass is 10.3. The lowest BCUT2D eigenvalue weighted by Gasteiger charge is -2.21. The highest BCUT2D eigenvalue weighted by atomic mass is 127. The minimum absolute atomic E-state index is 0. The summed E-state index contributed by atoms with van der Waals surface area (Å²) in [7, 11) is 3.90. The van der Waals surface area contributed by atoms with E-state index in [1.165, 1.54) is 0 Å². The lowest BCUT2D eigenvalue weighted by molar-refractivity contribution is 0.278. The van der Waals surface area contributed by atoms with Crippen molar-refractivity contribution in [3.63, 3.8) is 0 Å². The van der Waals surface area contributed by atoms with Crippen molar-refractivity contribution in [2.45, 2.75) is 26.4 Å². The number of likely N-dealkylation sites (N-methyl/N-ethyl adjacent to an activating group) is 1. The van der Waals surface area contributed by atoms with Gasteiger partial charge in [-0.2, -0.15) is 0 Å². The largest absolute Gasteiger partial charge is 0.355 e. The molecule has 0 amide bonds. The van der Waals surface area contributed by atoms with Crippen molar-refractivity contribution in [2.75, 3.05) is 27.2 Å². The van der Waals surface area contributed by atoms with Crippen LogP contribution in [0.1, 0.15) is 19.5 Å². The first-order valence-corrected chi connectivity index (χ1v) is 6.68. The number of rotatable bonds is 6.